The van der Waals surface area contributed by atoms with Gasteiger partial charge in [-0.15, -0.1) is 0 Å². The largest absolute Gasteiger partial charge is 0.462 e. The standard InChI is InChI=1S/C22H32O3/c1-4-20(24)25-19-8-7-17-16-6-5-14-13-15(23)9-11-21(14,2)18(16)10-12-22(17,19)3/h13,16-19H,4-12H2,1-3H3/t16-,17+,18+,19+,21-,22-/m0/s1. The first-order valence-electron chi connectivity index (χ1n) is 10.3. The number of carbonyl (C=O) groups is 2. The maximum atomic E-state index is 11.9. The fraction of sp³-hybridized carbons (Fsp3) is 0.818. The highest BCUT2D eigenvalue weighted by atomic mass is 16.5. The molecule has 0 aromatic carbocycles. The lowest BCUT2D eigenvalue weighted by Crippen LogP contribution is -2.51. The Kier molecular flexibility index (Phi) is 4.12. The predicted octanol–water partition coefficient (Wildman–Crippen LogP) is 4.84. The summed E-state index contributed by atoms with van der Waals surface area (Å²) >= 11 is 0. The van der Waals surface area contributed by atoms with Gasteiger partial charge >= 0.3 is 5.97 Å². The maximum absolute atomic E-state index is 11.9. The van der Waals surface area contributed by atoms with Crippen molar-refractivity contribution in [2.45, 2.75) is 84.7 Å². The molecular weight excluding hydrogens is 312 g/mol. The van der Waals surface area contributed by atoms with E-state index < -0.39 is 0 Å². The van der Waals surface area contributed by atoms with E-state index in [1.807, 2.05) is 13.0 Å². The van der Waals surface area contributed by atoms with Gasteiger partial charge in [-0.25, -0.2) is 0 Å². The van der Waals surface area contributed by atoms with Crippen molar-refractivity contribution in [3.63, 3.8) is 0 Å². The minimum atomic E-state index is -0.0411. The molecule has 3 fully saturated rings. The van der Waals surface area contributed by atoms with Crippen molar-refractivity contribution in [3.8, 4) is 0 Å². The number of hydrogen-bond acceptors (Lipinski definition) is 3. The molecule has 25 heavy (non-hydrogen) atoms. The van der Waals surface area contributed by atoms with Gasteiger partial charge < -0.3 is 4.74 Å². The van der Waals surface area contributed by atoms with Crippen molar-refractivity contribution in [2.75, 3.05) is 0 Å². The predicted molar refractivity (Wildman–Crippen MR) is 96.9 cm³/mol. The first kappa shape index (κ1) is 17.3. The SMILES string of the molecule is CCC(=O)O[C@@H]1CC[C@@H]2[C@@H]3CCC4=CC(=O)CC[C@]4(C)[C@@H]3CC[C@@]21C. The summed E-state index contributed by atoms with van der Waals surface area (Å²) in [4.78, 5) is 23.8. The second-order valence-electron chi connectivity index (χ2n) is 9.42. The summed E-state index contributed by atoms with van der Waals surface area (Å²) in [5.74, 6) is 2.41. The van der Waals surface area contributed by atoms with Crippen LogP contribution in [0, 0.1) is 28.6 Å². The van der Waals surface area contributed by atoms with E-state index in [0.717, 1.165) is 38.0 Å². The summed E-state index contributed by atoms with van der Waals surface area (Å²) < 4.78 is 5.86. The van der Waals surface area contributed by atoms with E-state index in [2.05, 4.69) is 13.8 Å². The number of fused-ring (bicyclic) bond motifs is 5. The Labute approximate surface area is 151 Å². The number of rotatable bonds is 2. The van der Waals surface area contributed by atoms with Crippen LogP contribution in [0.3, 0.4) is 0 Å². The van der Waals surface area contributed by atoms with Crippen LogP contribution in [0.2, 0.25) is 0 Å². The number of hydrogen-bond donors (Lipinski definition) is 0. The average Bonchev–Trinajstić information content (AvgIpc) is 2.92. The molecule has 0 spiro atoms. The van der Waals surface area contributed by atoms with Gasteiger partial charge in [0.25, 0.3) is 0 Å². The smallest absolute Gasteiger partial charge is 0.305 e. The molecule has 0 unspecified atom stereocenters. The maximum Gasteiger partial charge on any atom is 0.305 e. The van der Waals surface area contributed by atoms with E-state index in [-0.39, 0.29) is 22.9 Å². The van der Waals surface area contributed by atoms with E-state index in [4.69, 9.17) is 4.74 Å². The van der Waals surface area contributed by atoms with Gasteiger partial charge in [0.15, 0.2) is 5.78 Å². The van der Waals surface area contributed by atoms with Crippen LogP contribution in [0.25, 0.3) is 0 Å². The average molecular weight is 344 g/mol. The van der Waals surface area contributed by atoms with Gasteiger partial charge in [-0.05, 0) is 74.2 Å². The zero-order valence-corrected chi connectivity index (χ0v) is 16.0. The zero-order valence-electron chi connectivity index (χ0n) is 16.0. The molecule has 0 bridgehead atoms. The molecule has 4 rings (SSSR count). The van der Waals surface area contributed by atoms with Gasteiger partial charge in [0.05, 0.1) is 0 Å². The Hall–Kier alpha value is -1.12. The van der Waals surface area contributed by atoms with Gasteiger partial charge in [-0.2, -0.15) is 0 Å². The Morgan fingerprint density at radius 2 is 1.92 bits per heavy atom. The van der Waals surface area contributed by atoms with E-state index in [1.165, 1.54) is 24.8 Å². The number of allylic oxidation sites excluding steroid dienone is 1. The third-order valence-electron chi connectivity index (χ3n) is 8.44. The summed E-state index contributed by atoms with van der Waals surface area (Å²) in [5, 5.41) is 0. The highest BCUT2D eigenvalue weighted by Crippen LogP contribution is 2.65. The quantitative estimate of drug-likeness (QED) is 0.673. The molecular formula is C22H32O3. The van der Waals surface area contributed by atoms with Crippen molar-refractivity contribution in [2.24, 2.45) is 28.6 Å². The molecule has 0 saturated heterocycles. The minimum Gasteiger partial charge on any atom is -0.462 e. The van der Waals surface area contributed by atoms with Crippen molar-refractivity contribution < 1.29 is 14.3 Å². The van der Waals surface area contributed by atoms with Crippen LogP contribution in [0.1, 0.15) is 78.6 Å². The summed E-state index contributed by atoms with van der Waals surface area (Å²) in [7, 11) is 0. The lowest BCUT2D eigenvalue weighted by Gasteiger charge is -2.57. The third kappa shape index (κ3) is 2.52. The second kappa shape index (κ2) is 5.96. The fourth-order valence-electron chi connectivity index (χ4n) is 6.95. The molecule has 0 heterocycles. The van der Waals surface area contributed by atoms with Crippen LogP contribution < -0.4 is 0 Å². The van der Waals surface area contributed by atoms with Crippen molar-refractivity contribution in [1.82, 2.24) is 0 Å². The van der Waals surface area contributed by atoms with Crippen LogP contribution in [-0.2, 0) is 14.3 Å². The first-order chi connectivity index (χ1) is 11.9. The van der Waals surface area contributed by atoms with Gasteiger partial charge in [0, 0.05) is 18.3 Å². The molecule has 6 atom stereocenters. The second-order valence-corrected chi connectivity index (χ2v) is 9.42. The summed E-state index contributed by atoms with van der Waals surface area (Å²) in [6, 6.07) is 0. The Morgan fingerprint density at radius 1 is 1.12 bits per heavy atom. The van der Waals surface area contributed by atoms with Crippen LogP contribution in [0.15, 0.2) is 11.6 Å². The van der Waals surface area contributed by atoms with E-state index >= 15 is 0 Å². The highest BCUT2D eigenvalue weighted by Gasteiger charge is 2.59. The molecule has 3 nitrogen and oxygen atoms in total. The third-order valence-corrected chi connectivity index (χ3v) is 8.44. The molecule has 3 saturated carbocycles. The number of carbonyl (C=O) groups excluding carboxylic acids is 2. The van der Waals surface area contributed by atoms with E-state index in [9.17, 15) is 9.59 Å². The van der Waals surface area contributed by atoms with Gasteiger partial charge in [-0.3, -0.25) is 9.59 Å². The molecule has 138 valence electrons. The van der Waals surface area contributed by atoms with Crippen molar-refractivity contribution in [3.05, 3.63) is 11.6 Å². The molecule has 0 radical (unpaired) electrons. The van der Waals surface area contributed by atoms with Crippen LogP contribution in [0.4, 0.5) is 0 Å². The summed E-state index contributed by atoms with van der Waals surface area (Å²) in [6.07, 6.45) is 11.3. The number of ketones is 1. The minimum absolute atomic E-state index is 0.0411. The van der Waals surface area contributed by atoms with Gasteiger partial charge in [0.1, 0.15) is 6.10 Å². The molecule has 0 aromatic rings. The lowest BCUT2D eigenvalue weighted by atomic mass is 9.47. The topological polar surface area (TPSA) is 43.4 Å². The van der Waals surface area contributed by atoms with Crippen LogP contribution >= 0.6 is 0 Å². The molecule has 0 N–H and O–H groups in total. The Bertz CT molecular complexity index is 621. The lowest BCUT2D eigenvalue weighted by molar-refractivity contribution is -0.159. The monoisotopic (exact) mass is 344 g/mol. The molecule has 0 amide bonds. The molecule has 0 aliphatic heterocycles. The fourth-order valence-corrected chi connectivity index (χ4v) is 6.95. The van der Waals surface area contributed by atoms with Crippen molar-refractivity contribution >= 4 is 11.8 Å². The summed E-state index contributed by atoms with van der Waals surface area (Å²) in [6.45, 7) is 6.69. The molecule has 4 aliphatic rings. The molecule has 4 aliphatic carbocycles. The zero-order chi connectivity index (χ0) is 17.8. The van der Waals surface area contributed by atoms with E-state index in [0.29, 0.717) is 24.0 Å². The number of esters is 1. The van der Waals surface area contributed by atoms with Gasteiger partial charge in [0.2, 0.25) is 0 Å². The highest BCUT2D eigenvalue weighted by molar-refractivity contribution is 5.91. The molecule has 3 heteroatoms. The number of ether oxygens (including phenoxy) is 1. The Balaban J connectivity index is 1.59. The normalized spacial score (nSPS) is 45.9. The summed E-state index contributed by atoms with van der Waals surface area (Å²) in [5.41, 5.74) is 1.82. The van der Waals surface area contributed by atoms with Crippen molar-refractivity contribution in [1.29, 1.82) is 0 Å². The van der Waals surface area contributed by atoms with Crippen LogP contribution in [0.5, 0.6) is 0 Å². The Morgan fingerprint density at radius 3 is 2.68 bits per heavy atom. The van der Waals surface area contributed by atoms with E-state index in [1.54, 1.807) is 0 Å². The van der Waals surface area contributed by atoms with Crippen LogP contribution in [-0.4, -0.2) is 17.9 Å². The first-order valence-corrected chi connectivity index (χ1v) is 10.3. The molecule has 0 aromatic heterocycles. The van der Waals surface area contributed by atoms with Gasteiger partial charge in [-0.1, -0.05) is 26.3 Å².